The average Bonchev–Trinajstić information content (AvgIpc) is 3.53. The van der Waals surface area contributed by atoms with Crippen LogP contribution in [0.25, 0.3) is 0 Å². The molecule has 1 aliphatic heterocycles. The molecule has 0 unspecified atom stereocenters. The number of likely N-dealkylation sites (tertiary alicyclic amines) is 1. The molecule has 0 bridgehead atoms. The highest BCUT2D eigenvalue weighted by Gasteiger charge is 2.56. The van der Waals surface area contributed by atoms with E-state index in [2.05, 4.69) is 27.1 Å². The van der Waals surface area contributed by atoms with E-state index in [-0.39, 0.29) is 25.3 Å². The van der Waals surface area contributed by atoms with Crippen molar-refractivity contribution in [2.45, 2.75) is 49.4 Å². The van der Waals surface area contributed by atoms with Gasteiger partial charge in [-0.25, -0.2) is 9.37 Å². The van der Waals surface area contributed by atoms with E-state index in [0.717, 1.165) is 5.56 Å². The number of aromatic nitrogens is 2. The number of nitrogens with zero attached hydrogens (tertiary/aromatic N) is 3. The molecule has 3 N–H and O–H groups in total. The molecule has 0 spiro atoms. The van der Waals surface area contributed by atoms with Gasteiger partial charge in [0.15, 0.2) is 0 Å². The van der Waals surface area contributed by atoms with E-state index in [1.165, 1.54) is 23.5 Å². The first kappa shape index (κ1) is 23.6. The second-order valence-electron chi connectivity index (χ2n) is 8.49. The van der Waals surface area contributed by atoms with E-state index >= 15 is 0 Å². The number of alkyl halides is 1. The lowest BCUT2D eigenvalue weighted by Gasteiger charge is -2.29. The Kier molecular flexibility index (Phi) is 6.80. The summed E-state index contributed by atoms with van der Waals surface area (Å²) in [5, 5.41) is 3.20. The van der Waals surface area contributed by atoms with Crippen LogP contribution in [0.15, 0.2) is 42.9 Å². The Bertz CT molecular complexity index is 1140. The molecule has 1 aromatic carbocycles. The zero-order valence-electron chi connectivity index (χ0n) is 18.2. The molecule has 3 amide bonds. The van der Waals surface area contributed by atoms with Crippen molar-refractivity contribution in [3.05, 3.63) is 59.1 Å². The molecule has 34 heavy (non-hydrogen) atoms. The molecule has 4 rings (SSSR count). The molecule has 1 aliphatic carbocycles. The maximum atomic E-state index is 14.4. The van der Waals surface area contributed by atoms with Crippen molar-refractivity contribution in [2.75, 3.05) is 6.54 Å². The summed E-state index contributed by atoms with van der Waals surface area (Å²) in [6.45, 7) is -0.169. The van der Waals surface area contributed by atoms with Crippen LogP contribution in [0, 0.1) is 11.8 Å². The quantitative estimate of drug-likeness (QED) is 0.604. The van der Waals surface area contributed by atoms with Gasteiger partial charge in [0.1, 0.15) is 17.9 Å². The van der Waals surface area contributed by atoms with E-state index in [9.17, 15) is 18.8 Å². The molecule has 10 heteroatoms. The van der Waals surface area contributed by atoms with Gasteiger partial charge in [-0.05, 0) is 36.5 Å². The number of amides is 3. The van der Waals surface area contributed by atoms with Gasteiger partial charge in [-0.15, -0.1) is 0 Å². The van der Waals surface area contributed by atoms with Gasteiger partial charge in [-0.2, -0.15) is 0 Å². The van der Waals surface area contributed by atoms with E-state index in [1.54, 1.807) is 24.3 Å². The van der Waals surface area contributed by atoms with Crippen LogP contribution in [0.3, 0.4) is 0 Å². The first-order valence-electron chi connectivity index (χ1n) is 10.9. The third-order valence-corrected chi connectivity index (χ3v) is 6.28. The van der Waals surface area contributed by atoms with Crippen molar-refractivity contribution in [3.63, 3.8) is 0 Å². The van der Waals surface area contributed by atoms with E-state index in [4.69, 9.17) is 17.3 Å². The fourth-order valence-electron chi connectivity index (χ4n) is 4.18. The van der Waals surface area contributed by atoms with E-state index < -0.39 is 35.5 Å². The number of hydrogen-bond donors (Lipinski definition) is 2. The number of primary amides is 1. The van der Waals surface area contributed by atoms with Crippen LogP contribution in [-0.4, -0.2) is 57.4 Å². The van der Waals surface area contributed by atoms with Gasteiger partial charge in [0, 0.05) is 23.8 Å². The molecule has 2 aromatic rings. The standard InChI is InChI=1S/C24H23ClFN5O3/c25-16-3-1-15(2-4-16)24(7-8-24)23(34)31-14-17(26)11-20(31)22(33)30-18(12-21(27)32)5-6-19-13-28-9-10-29-19/h1-4,9-10,13,17-18,20H,7-8,11-12,14H2,(H2,27,32)(H,30,33)/t17-,18-,20+/m1/s1. The van der Waals surface area contributed by atoms with Crippen LogP contribution in [-0.2, 0) is 19.8 Å². The Morgan fingerprint density at radius 3 is 2.62 bits per heavy atom. The summed E-state index contributed by atoms with van der Waals surface area (Å²) in [4.78, 5) is 47.3. The predicted molar refractivity (Wildman–Crippen MR) is 122 cm³/mol. The zero-order valence-corrected chi connectivity index (χ0v) is 19.0. The van der Waals surface area contributed by atoms with Crippen LogP contribution in [0.5, 0.6) is 0 Å². The maximum Gasteiger partial charge on any atom is 0.243 e. The van der Waals surface area contributed by atoms with Gasteiger partial charge in [0.25, 0.3) is 0 Å². The second-order valence-corrected chi connectivity index (χ2v) is 8.92. The van der Waals surface area contributed by atoms with Gasteiger partial charge in [0.05, 0.1) is 30.6 Å². The number of benzene rings is 1. The highest BCUT2D eigenvalue weighted by molar-refractivity contribution is 6.30. The van der Waals surface area contributed by atoms with Gasteiger partial charge in [-0.3, -0.25) is 19.4 Å². The summed E-state index contributed by atoms with van der Waals surface area (Å²) < 4.78 is 14.4. The van der Waals surface area contributed by atoms with Crippen molar-refractivity contribution in [2.24, 2.45) is 5.73 Å². The smallest absolute Gasteiger partial charge is 0.243 e. The van der Waals surface area contributed by atoms with E-state index in [1.807, 2.05) is 0 Å². The fourth-order valence-corrected chi connectivity index (χ4v) is 4.31. The average molecular weight is 484 g/mol. The number of halogens is 2. The Hall–Kier alpha value is -3.51. The SMILES string of the molecule is NC(=O)C[C@@H](C#Cc1cnccn1)NC(=O)[C@@H]1C[C@@H](F)CN1C(=O)C1(c2ccc(Cl)cc2)CC1. The molecule has 1 saturated carbocycles. The lowest BCUT2D eigenvalue weighted by Crippen LogP contribution is -2.51. The number of nitrogens with one attached hydrogen (secondary N) is 1. The summed E-state index contributed by atoms with van der Waals surface area (Å²) in [5.74, 6) is 3.96. The monoisotopic (exact) mass is 483 g/mol. The Labute approximate surface area is 201 Å². The normalized spacial score (nSPS) is 21.2. The van der Waals surface area contributed by atoms with Crippen molar-refractivity contribution in [1.29, 1.82) is 0 Å². The van der Waals surface area contributed by atoms with Crippen LogP contribution in [0.4, 0.5) is 4.39 Å². The largest absolute Gasteiger partial charge is 0.370 e. The minimum atomic E-state index is -1.33. The lowest BCUT2D eigenvalue weighted by molar-refractivity contribution is -0.140. The molecule has 2 fully saturated rings. The topological polar surface area (TPSA) is 118 Å². The van der Waals surface area contributed by atoms with Gasteiger partial charge >= 0.3 is 0 Å². The molecule has 8 nitrogen and oxygen atoms in total. The number of carbonyl (C=O) groups is 3. The molecular formula is C24H23ClFN5O3. The number of rotatable bonds is 6. The van der Waals surface area contributed by atoms with Gasteiger partial charge < -0.3 is 16.0 Å². The fraction of sp³-hybridized carbons (Fsp3) is 0.375. The molecule has 2 aliphatic rings. The third kappa shape index (κ3) is 5.18. The van der Waals surface area contributed by atoms with Crippen LogP contribution < -0.4 is 11.1 Å². The van der Waals surface area contributed by atoms with Gasteiger partial charge in [0.2, 0.25) is 17.7 Å². The second kappa shape index (κ2) is 9.77. The summed E-state index contributed by atoms with van der Waals surface area (Å²) in [6, 6.07) is 5.06. The van der Waals surface area contributed by atoms with Crippen LogP contribution in [0.2, 0.25) is 5.02 Å². The third-order valence-electron chi connectivity index (χ3n) is 6.03. The highest BCUT2D eigenvalue weighted by Crippen LogP contribution is 2.50. The first-order valence-corrected chi connectivity index (χ1v) is 11.2. The molecule has 176 valence electrons. The molecule has 1 saturated heterocycles. The molecular weight excluding hydrogens is 461 g/mol. The van der Waals surface area contributed by atoms with E-state index in [0.29, 0.717) is 23.6 Å². The lowest BCUT2D eigenvalue weighted by atomic mass is 9.94. The van der Waals surface area contributed by atoms with Crippen molar-refractivity contribution in [1.82, 2.24) is 20.2 Å². The minimum absolute atomic E-state index is 0.130. The molecule has 1 aromatic heterocycles. The molecule has 2 heterocycles. The van der Waals surface area contributed by atoms with Crippen molar-refractivity contribution in [3.8, 4) is 11.8 Å². The summed E-state index contributed by atoms with van der Waals surface area (Å²) in [5.41, 5.74) is 5.69. The first-order chi connectivity index (χ1) is 16.3. The maximum absolute atomic E-state index is 14.4. The van der Waals surface area contributed by atoms with Crippen LogP contribution >= 0.6 is 11.6 Å². The molecule has 0 radical (unpaired) electrons. The van der Waals surface area contributed by atoms with Crippen molar-refractivity contribution >= 4 is 29.3 Å². The Morgan fingerprint density at radius 1 is 1.26 bits per heavy atom. The summed E-state index contributed by atoms with van der Waals surface area (Å²) in [6.07, 6.45) is 3.91. The number of hydrogen-bond acceptors (Lipinski definition) is 5. The number of nitrogens with two attached hydrogens (primary N) is 1. The van der Waals surface area contributed by atoms with Crippen molar-refractivity contribution < 1.29 is 18.8 Å². The highest BCUT2D eigenvalue weighted by atomic mass is 35.5. The zero-order chi connectivity index (χ0) is 24.3. The molecule has 3 atom stereocenters. The Balaban J connectivity index is 1.51. The minimum Gasteiger partial charge on any atom is -0.370 e. The van der Waals surface area contributed by atoms with Crippen LogP contribution in [0.1, 0.15) is 36.9 Å². The van der Waals surface area contributed by atoms with Gasteiger partial charge in [-0.1, -0.05) is 29.7 Å². The summed E-state index contributed by atoms with van der Waals surface area (Å²) in [7, 11) is 0. The number of carbonyl (C=O) groups excluding carboxylic acids is 3. The Morgan fingerprint density at radius 2 is 2.00 bits per heavy atom. The predicted octanol–water partition coefficient (Wildman–Crippen LogP) is 1.51. The summed E-state index contributed by atoms with van der Waals surface area (Å²) >= 11 is 5.97.